The van der Waals surface area contributed by atoms with Gasteiger partial charge in [0, 0.05) is 0 Å². The third kappa shape index (κ3) is 7.12. The number of ketones is 1. The molecule has 128 valence electrons. The molecule has 0 aromatic carbocycles. The van der Waals surface area contributed by atoms with E-state index in [1.54, 1.807) is 6.92 Å². The van der Waals surface area contributed by atoms with Crippen LogP contribution < -0.4 is 0 Å². The summed E-state index contributed by atoms with van der Waals surface area (Å²) in [5, 5.41) is 9.45. The minimum absolute atomic E-state index is 0.162. The largest absolute Gasteiger partial charge is 0.466 e. The van der Waals surface area contributed by atoms with Crippen molar-refractivity contribution in [3.05, 3.63) is 10.1 Å². The Morgan fingerprint density at radius 3 is 2.18 bits per heavy atom. The molecule has 0 rings (SSSR count). The van der Waals surface area contributed by atoms with Crippen molar-refractivity contribution >= 4 is 35.0 Å². The number of aliphatic hydroxyl groups excluding tert-OH is 1. The maximum absolute atomic E-state index is 12.2. The molecule has 0 aliphatic heterocycles. The van der Waals surface area contributed by atoms with Crippen molar-refractivity contribution in [2.45, 2.75) is 52.9 Å². The van der Waals surface area contributed by atoms with Gasteiger partial charge in [0.25, 0.3) is 0 Å². The van der Waals surface area contributed by atoms with E-state index in [1.165, 1.54) is 6.92 Å². The van der Waals surface area contributed by atoms with Gasteiger partial charge in [0.15, 0.2) is 0 Å². The topological polar surface area (TPSA) is 63.6 Å². The van der Waals surface area contributed by atoms with Crippen LogP contribution in [-0.4, -0.2) is 30.1 Å². The Morgan fingerprint density at radius 1 is 1.14 bits per heavy atom. The fourth-order valence-corrected chi connectivity index (χ4v) is 2.86. The maximum atomic E-state index is 12.2. The zero-order valence-electron chi connectivity index (χ0n) is 13.5. The summed E-state index contributed by atoms with van der Waals surface area (Å²) in [6, 6.07) is 0. The normalized spacial score (nSPS) is 13.4. The molecule has 1 N–H and O–H groups in total. The Balaban J connectivity index is 5.33. The van der Waals surface area contributed by atoms with Crippen LogP contribution in [0, 0.1) is 11.8 Å². The van der Waals surface area contributed by atoms with Gasteiger partial charge in [-0.2, -0.15) is 0 Å². The number of hydrogen-bond acceptors (Lipinski definition) is 4. The third-order valence-electron chi connectivity index (χ3n) is 3.59. The van der Waals surface area contributed by atoms with Crippen molar-refractivity contribution in [2.75, 3.05) is 13.2 Å². The number of rotatable bonds is 11. The molecule has 2 atom stereocenters. The van der Waals surface area contributed by atoms with E-state index in [9.17, 15) is 14.7 Å². The molecule has 0 radical (unpaired) electrons. The van der Waals surface area contributed by atoms with Crippen LogP contribution in [0.5, 0.6) is 0 Å². The van der Waals surface area contributed by atoms with E-state index in [0.29, 0.717) is 6.42 Å². The van der Waals surface area contributed by atoms with Crippen LogP contribution in [0.1, 0.15) is 52.9 Å². The summed E-state index contributed by atoms with van der Waals surface area (Å²) in [7, 11) is 0. The molecule has 6 heteroatoms. The molecule has 0 aliphatic carbocycles. The fourth-order valence-electron chi connectivity index (χ4n) is 2.51. The van der Waals surface area contributed by atoms with Crippen LogP contribution in [0.3, 0.4) is 0 Å². The summed E-state index contributed by atoms with van der Waals surface area (Å²) in [4.78, 5) is 24.2. The Kier molecular flexibility index (Phi) is 11.6. The van der Waals surface area contributed by atoms with Gasteiger partial charge in [0.1, 0.15) is 10.3 Å². The van der Waals surface area contributed by atoms with Crippen LogP contribution >= 0.6 is 23.2 Å². The van der Waals surface area contributed by atoms with Crippen molar-refractivity contribution in [1.82, 2.24) is 0 Å². The van der Waals surface area contributed by atoms with Crippen molar-refractivity contribution in [3.8, 4) is 0 Å². The molecule has 0 heterocycles. The summed E-state index contributed by atoms with van der Waals surface area (Å²) in [6.07, 6.45) is 4.44. The fraction of sp³-hybridized carbons (Fsp3) is 0.750. The average molecular weight is 353 g/mol. The summed E-state index contributed by atoms with van der Waals surface area (Å²) < 4.78 is 4.92. The molecule has 22 heavy (non-hydrogen) atoms. The molecule has 0 spiro atoms. The summed E-state index contributed by atoms with van der Waals surface area (Å²) in [5.41, 5.74) is 0.185. The van der Waals surface area contributed by atoms with Gasteiger partial charge in [-0.3, -0.25) is 9.59 Å². The Labute approximate surface area is 142 Å². The molecule has 0 saturated heterocycles. The van der Waals surface area contributed by atoms with Crippen molar-refractivity contribution in [1.29, 1.82) is 0 Å². The number of esters is 1. The smallest absolute Gasteiger partial charge is 0.309 e. The second-order valence-electron chi connectivity index (χ2n) is 5.24. The van der Waals surface area contributed by atoms with Gasteiger partial charge >= 0.3 is 5.97 Å². The van der Waals surface area contributed by atoms with E-state index >= 15 is 0 Å². The number of halogens is 2. The molecule has 0 aliphatic rings. The summed E-state index contributed by atoms with van der Waals surface area (Å²) >= 11 is 11.5. The van der Waals surface area contributed by atoms with E-state index in [2.05, 4.69) is 6.92 Å². The highest BCUT2D eigenvalue weighted by Crippen LogP contribution is 2.32. The molecule has 0 saturated carbocycles. The zero-order chi connectivity index (χ0) is 17.1. The second kappa shape index (κ2) is 11.9. The first kappa shape index (κ1) is 21.4. The van der Waals surface area contributed by atoms with E-state index in [1.807, 2.05) is 0 Å². The Bertz CT molecular complexity index is 390. The van der Waals surface area contributed by atoms with E-state index in [-0.39, 0.29) is 22.5 Å². The highest BCUT2D eigenvalue weighted by Gasteiger charge is 2.35. The number of unbranched alkanes of at least 4 members (excludes halogenated alkanes) is 3. The van der Waals surface area contributed by atoms with Gasteiger partial charge in [0.05, 0.1) is 25.0 Å². The maximum Gasteiger partial charge on any atom is 0.309 e. The number of carbonyl (C=O) groups is 2. The van der Waals surface area contributed by atoms with Crippen LogP contribution in [0.2, 0.25) is 0 Å². The predicted octanol–water partition coefficient (Wildman–Crippen LogP) is 4.02. The minimum Gasteiger partial charge on any atom is -0.466 e. The number of ether oxygens (including phenoxy) is 1. The van der Waals surface area contributed by atoms with Crippen molar-refractivity contribution < 1.29 is 19.4 Å². The van der Waals surface area contributed by atoms with E-state index in [4.69, 9.17) is 27.9 Å². The third-order valence-corrected chi connectivity index (χ3v) is 4.07. The molecule has 0 bridgehead atoms. The lowest BCUT2D eigenvalue weighted by Gasteiger charge is -2.25. The quantitative estimate of drug-likeness (QED) is 0.450. The van der Waals surface area contributed by atoms with Crippen molar-refractivity contribution in [2.24, 2.45) is 11.8 Å². The van der Waals surface area contributed by atoms with Crippen LogP contribution in [0.4, 0.5) is 0 Å². The number of Topliss-reactive ketones (excluding diaryl/α,β-unsaturated/α-hetero) is 1. The summed E-state index contributed by atoms with van der Waals surface area (Å²) in [6.45, 7) is 4.96. The molecule has 0 aromatic heterocycles. The molecule has 0 aromatic rings. The SMILES string of the molecule is CCCCCCC(C(=O)OCC)C(C(C)=O)C(CO)=C(Cl)Cl. The molecule has 4 nitrogen and oxygen atoms in total. The Hall–Kier alpha value is -0.580. The van der Waals surface area contributed by atoms with Gasteiger partial charge in [-0.25, -0.2) is 0 Å². The molecule has 2 unspecified atom stereocenters. The monoisotopic (exact) mass is 352 g/mol. The van der Waals surface area contributed by atoms with Gasteiger partial charge in [-0.1, -0.05) is 55.8 Å². The average Bonchev–Trinajstić information content (AvgIpc) is 2.45. The first-order valence-electron chi connectivity index (χ1n) is 7.72. The van der Waals surface area contributed by atoms with Gasteiger partial charge in [-0.15, -0.1) is 0 Å². The lowest BCUT2D eigenvalue weighted by Crippen LogP contribution is -2.33. The molecule has 0 amide bonds. The van der Waals surface area contributed by atoms with Crippen LogP contribution in [0.15, 0.2) is 10.1 Å². The lowest BCUT2D eigenvalue weighted by atomic mass is 9.80. The number of carbonyl (C=O) groups excluding carboxylic acids is 2. The molecular weight excluding hydrogens is 327 g/mol. The minimum atomic E-state index is -0.837. The predicted molar refractivity (Wildman–Crippen MR) is 88.9 cm³/mol. The second-order valence-corrected chi connectivity index (χ2v) is 6.19. The van der Waals surface area contributed by atoms with E-state index in [0.717, 1.165) is 25.7 Å². The molecular formula is C16H26Cl2O4. The Morgan fingerprint density at radius 2 is 1.77 bits per heavy atom. The van der Waals surface area contributed by atoms with Crippen LogP contribution in [-0.2, 0) is 14.3 Å². The highest BCUT2D eigenvalue weighted by molar-refractivity contribution is 6.56. The van der Waals surface area contributed by atoms with Gasteiger partial charge < -0.3 is 9.84 Å². The zero-order valence-corrected chi connectivity index (χ0v) is 15.0. The van der Waals surface area contributed by atoms with E-state index < -0.39 is 24.4 Å². The number of aliphatic hydroxyl groups is 1. The lowest BCUT2D eigenvalue weighted by molar-refractivity contribution is -0.151. The number of hydrogen-bond donors (Lipinski definition) is 1. The summed E-state index contributed by atoms with van der Waals surface area (Å²) in [5.74, 6) is -2.20. The standard InChI is InChI=1S/C16H26Cl2O4/c1-4-6-7-8-9-12(16(21)22-5-2)14(11(3)20)13(10-19)15(17)18/h12,14,19H,4-10H2,1-3H3. The van der Waals surface area contributed by atoms with Gasteiger partial charge in [0.2, 0.25) is 0 Å². The highest BCUT2D eigenvalue weighted by atomic mass is 35.5. The first-order valence-corrected chi connectivity index (χ1v) is 8.48. The van der Waals surface area contributed by atoms with Crippen LogP contribution in [0.25, 0.3) is 0 Å². The van der Waals surface area contributed by atoms with Gasteiger partial charge in [-0.05, 0) is 25.8 Å². The molecule has 0 fully saturated rings. The van der Waals surface area contributed by atoms with Crippen molar-refractivity contribution in [3.63, 3.8) is 0 Å². The first-order chi connectivity index (χ1) is 10.4.